The molecule has 0 aromatic rings. The van der Waals surface area contributed by atoms with Gasteiger partial charge in [0.25, 0.3) is 0 Å². The number of aliphatic carboxylic acids is 1. The molecule has 4 aliphatic heterocycles. The Morgan fingerprint density at radius 3 is 1.89 bits per heavy atom. The van der Waals surface area contributed by atoms with Gasteiger partial charge in [0, 0.05) is 10.8 Å². The van der Waals surface area contributed by atoms with Gasteiger partial charge < -0.3 is 104 Å². The first-order valence-corrected chi connectivity index (χ1v) is 27.2. The molecule has 29 atom stereocenters. The molecule has 22 nitrogen and oxygen atoms in total. The molecule has 0 spiro atoms. The molecule has 13 N–H and O–H groups in total. The highest BCUT2D eigenvalue weighted by atomic mass is 16.8. The van der Waals surface area contributed by atoms with Crippen LogP contribution in [0.4, 0.5) is 0 Å². The van der Waals surface area contributed by atoms with Crippen molar-refractivity contribution in [2.24, 2.45) is 50.2 Å². The Labute approximate surface area is 437 Å². The normalized spacial score (nSPS) is 55.9. The number of aliphatic hydroxyl groups is 12. The first-order chi connectivity index (χ1) is 35.0. The lowest BCUT2D eigenvalue weighted by Crippen LogP contribution is -2.68. The summed E-state index contributed by atoms with van der Waals surface area (Å²) >= 11 is 0. The van der Waals surface area contributed by atoms with Crippen LogP contribution in [0.3, 0.4) is 0 Å². The van der Waals surface area contributed by atoms with Crippen LogP contribution in [0.2, 0.25) is 0 Å². The lowest BCUT2D eigenvalue weighted by molar-refractivity contribution is -0.387. The second-order valence-corrected chi connectivity index (χ2v) is 26.0. The monoisotopic (exact) mass is 1070 g/mol. The van der Waals surface area contributed by atoms with Crippen LogP contribution in [-0.2, 0) is 42.7 Å². The zero-order chi connectivity index (χ0) is 54.9. The van der Waals surface area contributed by atoms with Gasteiger partial charge in [0.05, 0.1) is 38.1 Å². The van der Waals surface area contributed by atoms with Crippen molar-refractivity contribution in [2.75, 3.05) is 19.8 Å². The quantitative estimate of drug-likeness (QED) is 0.0887. The highest BCUT2D eigenvalue weighted by Gasteiger charge is 2.70. The first kappa shape index (κ1) is 58.1. The summed E-state index contributed by atoms with van der Waals surface area (Å²) in [6, 6.07) is 0. The summed E-state index contributed by atoms with van der Waals surface area (Å²) < 4.78 is 48.8. The summed E-state index contributed by atoms with van der Waals surface area (Å²) in [6.07, 6.45) is -23.0. The topological polar surface area (TPSA) is 354 Å². The van der Waals surface area contributed by atoms with E-state index < -0.39 is 147 Å². The van der Waals surface area contributed by atoms with E-state index in [0.29, 0.717) is 25.7 Å². The van der Waals surface area contributed by atoms with Gasteiger partial charge in [-0.15, -0.1) is 0 Å². The molecule has 9 rings (SSSR count). The van der Waals surface area contributed by atoms with Gasteiger partial charge in [-0.25, -0.2) is 4.79 Å². The Morgan fingerprint density at radius 1 is 0.613 bits per heavy atom. The standard InChI is InChI=1S/C53H86O22/c1-22-31(57)34(60)38(64)44(69-22)74-41-32(58)25(56)20-68-46(41)75-42-37(63)36(62)40(43(66)67)73-47(42)71-29-12-13-50(5)27(51(29,6)21-55)11-14-53(8)28(50)10-9-23-24-17-48(2,3)18-30(49(24,4)15-16-52(23,53)7)72-45-39(65)35(61)33(59)26(19-54)70-45/h9,22,24-42,44-47,54-65H,10-21H2,1-8H3,(H,66,67)/t22-,24-,25+,26+,27+,28+,29-,30+,31-,32-,33+,34+,35-,36-,37-,38+,39+,40-,41+,42+,44-,45-,46-,47+,49+,50-,51+,52+,53+/m0/s1. The van der Waals surface area contributed by atoms with Crippen molar-refractivity contribution < 1.29 is 109 Å². The number of hydrogen-bond donors (Lipinski definition) is 13. The van der Waals surface area contributed by atoms with E-state index in [2.05, 4.69) is 47.6 Å². The maximum atomic E-state index is 12.5. The lowest BCUT2D eigenvalue weighted by atomic mass is 9.33. The van der Waals surface area contributed by atoms with E-state index in [1.165, 1.54) is 12.5 Å². The third-order valence-corrected chi connectivity index (χ3v) is 21.2. The van der Waals surface area contributed by atoms with Crippen LogP contribution in [0.5, 0.6) is 0 Å². The Morgan fingerprint density at radius 2 is 1.24 bits per heavy atom. The molecule has 9 aliphatic rings. The highest BCUT2D eigenvalue weighted by molar-refractivity contribution is 5.73. The van der Waals surface area contributed by atoms with Gasteiger partial charge in [-0.1, -0.05) is 60.1 Å². The first-order valence-electron chi connectivity index (χ1n) is 27.2. The molecule has 4 saturated carbocycles. The van der Waals surface area contributed by atoms with Gasteiger partial charge in [-0.05, 0) is 104 Å². The van der Waals surface area contributed by atoms with Gasteiger partial charge in [-0.2, -0.15) is 0 Å². The molecule has 4 saturated heterocycles. The minimum absolute atomic E-state index is 0.103. The van der Waals surface area contributed by atoms with Crippen LogP contribution in [0.25, 0.3) is 0 Å². The van der Waals surface area contributed by atoms with E-state index in [9.17, 15) is 71.2 Å². The van der Waals surface area contributed by atoms with Gasteiger partial charge in [0.15, 0.2) is 31.3 Å². The van der Waals surface area contributed by atoms with Crippen LogP contribution < -0.4 is 0 Å². The Hall–Kier alpha value is -1.59. The smallest absolute Gasteiger partial charge is 0.335 e. The zero-order valence-corrected chi connectivity index (χ0v) is 44.4. The molecule has 0 unspecified atom stereocenters. The maximum Gasteiger partial charge on any atom is 0.335 e. The number of allylic oxidation sites excluding steroid dienone is 2. The molecule has 8 fully saturated rings. The molecule has 75 heavy (non-hydrogen) atoms. The molecule has 5 aliphatic carbocycles. The van der Waals surface area contributed by atoms with E-state index in [0.717, 1.165) is 32.1 Å². The number of fused-ring (bicyclic) bond motifs is 7. The van der Waals surface area contributed by atoms with E-state index in [-0.39, 0.29) is 57.5 Å². The Balaban J connectivity index is 0.967. The summed E-state index contributed by atoms with van der Waals surface area (Å²) in [5, 5.41) is 140. The van der Waals surface area contributed by atoms with Crippen LogP contribution in [0.15, 0.2) is 11.6 Å². The second kappa shape index (κ2) is 20.7. The number of aliphatic hydroxyl groups excluding tert-OH is 12. The minimum Gasteiger partial charge on any atom is -0.479 e. The molecule has 430 valence electrons. The van der Waals surface area contributed by atoms with Crippen molar-refractivity contribution in [1.29, 1.82) is 0 Å². The number of carbonyl (C=O) groups is 1. The van der Waals surface area contributed by atoms with Crippen molar-refractivity contribution in [1.82, 2.24) is 0 Å². The maximum absolute atomic E-state index is 12.5. The van der Waals surface area contributed by atoms with Gasteiger partial charge in [-0.3, -0.25) is 0 Å². The van der Waals surface area contributed by atoms with Crippen LogP contribution in [-0.4, -0.2) is 221 Å². The number of ether oxygens (including phenoxy) is 8. The highest BCUT2D eigenvalue weighted by Crippen LogP contribution is 2.76. The average Bonchev–Trinajstić information content (AvgIpc) is 3.35. The molecule has 0 bridgehead atoms. The number of rotatable bonds is 11. The van der Waals surface area contributed by atoms with Crippen molar-refractivity contribution in [3.63, 3.8) is 0 Å². The predicted molar refractivity (Wildman–Crippen MR) is 257 cm³/mol. The molecular formula is C53H86O22. The number of hydrogen-bond acceptors (Lipinski definition) is 21. The predicted octanol–water partition coefficient (Wildman–Crippen LogP) is -0.832. The molecule has 4 heterocycles. The zero-order valence-electron chi connectivity index (χ0n) is 44.4. The number of carboxylic acid groups (broad SMARTS) is 1. The van der Waals surface area contributed by atoms with Gasteiger partial charge in [0.2, 0.25) is 0 Å². The van der Waals surface area contributed by atoms with Gasteiger partial charge in [0.1, 0.15) is 79.4 Å². The minimum atomic E-state index is -2.05. The number of carboxylic acids is 1. The molecule has 0 aromatic carbocycles. The largest absolute Gasteiger partial charge is 0.479 e. The van der Waals surface area contributed by atoms with Gasteiger partial charge >= 0.3 is 5.97 Å². The van der Waals surface area contributed by atoms with Crippen LogP contribution in [0.1, 0.15) is 113 Å². The summed E-state index contributed by atoms with van der Waals surface area (Å²) in [5.74, 6) is -1.47. The third kappa shape index (κ3) is 9.40. The summed E-state index contributed by atoms with van der Waals surface area (Å²) in [6.45, 7) is 15.8. The van der Waals surface area contributed by atoms with Crippen molar-refractivity contribution >= 4 is 5.97 Å². The summed E-state index contributed by atoms with van der Waals surface area (Å²) in [5.41, 5.74) is -0.914. The average molecular weight is 1080 g/mol. The fraction of sp³-hybridized carbons (Fsp3) is 0.943. The van der Waals surface area contributed by atoms with Crippen molar-refractivity contribution in [3.05, 3.63) is 11.6 Å². The Bertz CT molecular complexity index is 2080. The van der Waals surface area contributed by atoms with Crippen LogP contribution >= 0.6 is 0 Å². The molecule has 22 heteroatoms. The summed E-state index contributed by atoms with van der Waals surface area (Å²) in [7, 11) is 0. The van der Waals surface area contributed by atoms with E-state index in [4.69, 9.17) is 37.9 Å². The molecule has 0 radical (unpaired) electrons. The SMILES string of the molecule is C[C@@H]1O[C@@H](O[C@H]2[C@H](O[C@H]3[C@H](O[C@H]4CC[C@@]5(C)[C@@H](CC[C@]6(C)[C@@H]5CC=C5[C@@H]7CC(C)(C)C[C@@H](O[C@@H]8O[C@H](CO)[C@@H](O)[C@H](O)[C@H]8O)[C@]7(C)CC[C@]56C)[C@@]4(C)CO)O[C@H](C(=O)O)[C@@H](O)[C@@H]3O)OC[C@@H](O)[C@@H]2O)[C@H](O)[C@H](O)[C@H]1O. The Kier molecular flexibility index (Phi) is 16.1. The fourth-order valence-corrected chi connectivity index (χ4v) is 16.3. The third-order valence-electron chi connectivity index (χ3n) is 21.2. The molecule has 0 aromatic heterocycles. The van der Waals surface area contributed by atoms with Crippen molar-refractivity contribution in [2.45, 2.75) is 242 Å². The van der Waals surface area contributed by atoms with Crippen molar-refractivity contribution in [3.8, 4) is 0 Å². The fourth-order valence-electron chi connectivity index (χ4n) is 16.3. The van der Waals surface area contributed by atoms with E-state index >= 15 is 0 Å². The summed E-state index contributed by atoms with van der Waals surface area (Å²) in [4.78, 5) is 12.5. The second-order valence-electron chi connectivity index (χ2n) is 26.0. The van der Waals surface area contributed by atoms with E-state index in [1.807, 2.05) is 6.92 Å². The molecule has 0 amide bonds. The molecular weight excluding hydrogens is 989 g/mol. The van der Waals surface area contributed by atoms with Crippen LogP contribution in [0, 0.1) is 50.2 Å². The van der Waals surface area contributed by atoms with E-state index in [1.54, 1.807) is 0 Å². The lowest BCUT2D eigenvalue weighted by Gasteiger charge is -2.72.